The number of aliphatic imine (C=N–C) groups is 2. The van der Waals surface area contributed by atoms with Gasteiger partial charge in [0.2, 0.25) is 0 Å². The Kier molecular flexibility index (Phi) is 7.11. The minimum atomic E-state index is -0.126. The molecule has 65 heavy (non-hydrogen) atoms. The maximum atomic E-state index is 5.58. The minimum absolute atomic E-state index is 0.126. The summed E-state index contributed by atoms with van der Waals surface area (Å²) in [6.07, 6.45) is 18.2. The largest absolute Gasteiger partial charge is 0.354 e. The molecule has 4 aliphatic rings. The van der Waals surface area contributed by atoms with Gasteiger partial charge in [0.1, 0.15) is 0 Å². The molecule has 1 unspecified atom stereocenters. The van der Waals surface area contributed by atoms with Gasteiger partial charge in [-0.1, -0.05) is 146 Å². The molecule has 1 N–H and O–H groups in total. The van der Waals surface area contributed by atoms with E-state index in [0.717, 1.165) is 39.7 Å². The van der Waals surface area contributed by atoms with Crippen molar-refractivity contribution in [3.63, 3.8) is 0 Å². The molecule has 2 aliphatic heterocycles. The molecule has 5 heterocycles. The molecule has 15 rings (SSSR count). The van der Waals surface area contributed by atoms with Crippen LogP contribution in [0.5, 0.6) is 0 Å². The maximum absolute atomic E-state index is 5.58. The van der Waals surface area contributed by atoms with Crippen molar-refractivity contribution in [2.75, 3.05) is 0 Å². The van der Waals surface area contributed by atoms with Crippen molar-refractivity contribution < 1.29 is 0 Å². The van der Waals surface area contributed by atoms with Crippen LogP contribution in [0.25, 0.3) is 87.5 Å². The standard InChI is InChI=1S/C60H37N5/c1-2-17-42-41(16-1)54(44-23-20-34-9-4-12-36-27-62-31-48(44)51(34)36)57-55(45-24-21-35-10-5-13-37-28-63-32-49(45)52(35)37)59(46-25-22-40-29-61-26-38-15-7-18-43(46)53(38)40)65-60(57)56(42)58-47-19-6-11-33-8-3-14-39(30-64-58)50(33)47/h1-21,23-29,32,45,65H,22,30-31H2. The number of rotatable bonds is 4. The molecule has 11 aromatic rings. The van der Waals surface area contributed by atoms with E-state index >= 15 is 0 Å². The van der Waals surface area contributed by atoms with Gasteiger partial charge in [-0.2, -0.15) is 0 Å². The van der Waals surface area contributed by atoms with E-state index in [-0.39, 0.29) is 5.92 Å². The van der Waals surface area contributed by atoms with Crippen LogP contribution in [0.2, 0.25) is 0 Å². The van der Waals surface area contributed by atoms with E-state index in [1.54, 1.807) is 0 Å². The van der Waals surface area contributed by atoms with Gasteiger partial charge in [0.25, 0.3) is 0 Å². The summed E-state index contributed by atoms with van der Waals surface area (Å²) in [6, 6.07) is 46.9. The minimum Gasteiger partial charge on any atom is -0.354 e. The number of hydrogen-bond donors (Lipinski definition) is 1. The number of benzene rings is 8. The fourth-order valence-corrected chi connectivity index (χ4v) is 12.1. The molecular weight excluding hydrogens is 791 g/mol. The van der Waals surface area contributed by atoms with Gasteiger partial charge in [-0.05, 0) is 99.6 Å². The molecule has 0 amide bonds. The van der Waals surface area contributed by atoms with Crippen LogP contribution in [0.4, 0.5) is 0 Å². The lowest BCUT2D eigenvalue weighted by Crippen LogP contribution is -2.12. The first-order chi connectivity index (χ1) is 32.3. The number of nitrogens with one attached hydrogen (secondary N) is 1. The summed E-state index contributed by atoms with van der Waals surface area (Å²) in [5.74, 6) is -0.126. The zero-order chi connectivity index (χ0) is 42.3. The lowest BCUT2D eigenvalue weighted by molar-refractivity contribution is 1.02. The molecular formula is C60H37N5. The SMILES string of the molecule is C1=CC(c2c(C3=CCc4cncc5cccc3c45)[nH]c3c(C4=NCc5cccc6cccc4c56)c4ccccc4c(-c4ccc5cccc6c5c4CN=C6)c23)c2cncc3cccc1c23. The number of H-pyrrole nitrogens is 1. The Morgan fingerprint density at radius 2 is 1.25 bits per heavy atom. The van der Waals surface area contributed by atoms with Gasteiger partial charge >= 0.3 is 0 Å². The second-order valence-corrected chi connectivity index (χ2v) is 18.0. The van der Waals surface area contributed by atoms with Gasteiger partial charge in [0.15, 0.2) is 0 Å². The number of hydrogen-bond acceptors (Lipinski definition) is 4. The van der Waals surface area contributed by atoms with E-state index in [2.05, 4.69) is 168 Å². The second-order valence-electron chi connectivity index (χ2n) is 18.0. The first kappa shape index (κ1) is 35.2. The number of aromatic amines is 1. The van der Waals surface area contributed by atoms with Gasteiger partial charge in [-0.3, -0.25) is 20.0 Å². The topological polar surface area (TPSA) is 66.3 Å². The van der Waals surface area contributed by atoms with Crippen molar-refractivity contribution in [3.8, 4) is 11.1 Å². The normalized spacial score (nSPS) is 15.7. The summed E-state index contributed by atoms with van der Waals surface area (Å²) in [6.45, 7) is 1.22. The summed E-state index contributed by atoms with van der Waals surface area (Å²) < 4.78 is 0. The first-order valence-electron chi connectivity index (χ1n) is 22.6. The van der Waals surface area contributed by atoms with Crippen molar-refractivity contribution >= 4 is 88.3 Å². The molecule has 0 fully saturated rings. The number of nitrogens with zero attached hydrogens (tertiary/aromatic N) is 4. The van der Waals surface area contributed by atoms with Gasteiger partial charge in [0, 0.05) is 75.3 Å². The first-order valence-corrected chi connectivity index (χ1v) is 22.6. The maximum Gasteiger partial charge on any atom is 0.0756 e. The zero-order valence-electron chi connectivity index (χ0n) is 35.2. The Labute approximate surface area is 373 Å². The molecule has 1 atom stereocenters. The fraction of sp³-hybridized carbons (Fsp3) is 0.0667. The number of aromatic nitrogens is 3. The molecule has 0 saturated heterocycles. The molecule has 5 nitrogen and oxygen atoms in total. The highest BCUT2D eigenvalue weighted by atomic mass is 14.8. The fourth-order valence-electron chi connectivity index (χ4n) is 12.1. The molecule has 2 aliphatic carbocycles. The van der Waals surface area contributed by atoms with Crippen LogP contribution in [-0.4, -0.2) is 26.9 Å². The zero-order valence-corrected chi connectivity index (χ0v) is 35.2. The Bertz CT molecular complexity index is 4090. The average molecular weight is 828 g/mol. The lowest BCUT2D eigenvalue weighted by Gasteiger charge is -2.26. The molecule has 0 radical (unpaired) electrons. The third-order valence-electron chi connectivity index (χ3n) is 14.7. The van der Waals surface area contributed by atoms with E-state index in [4.69, 9.17) is 15.0 Å². The van der Waals surface area contributed by atoms with E-state index in [0.29, 0.717) is 13.1 Å². The third-order valence-corrected chi connectivity index (χ3v) is 14.7. The summed E-state index contributed by atoms with van der Waals surface area (Å²) in [7, 11) is 0. The van der Waals surface area contributed by atoms with Crippen molar-refractivity contribution in [1.29, 1.82) is 0 Å². The summed E-state index contributed by atoms with van der Waals surface area (Å²) in [5, 5.41) is 13.5. The number of fused-ring (bicyclic) bond motifs is 2. The smallest absolute Gasteiger partial charge is 0.0756 e. The van der Waals surface area contributed by atoms with Crippen LogP contribution in [0, 0.1) is 0 Å². The number of pyridine rings is 2. The van der Waals surface area contributed by atoms with Gasteiger partial charge < -0.3 is 4.98 Å². The van der Waals surface area contributed by atoms with Crippen molar-refractivity contribution in [2.45, 2.75) is 25.4 Å². The van der Waals surface area contributed by atoms with Crippen LogP contribution < -0.4 is 0 Å². The van der Waals surface area contributed by atoms with Crippen LogP contribution >= 0.6 is 0 Å². The molecule has 5 heteroatoms. The van der Waals surface area contributed by atoms with E-state index in [9.17, 15) is 0 Å². The van der Waals surface area contributed by atoms with E-state index in [1.807, 2.05) is 18.6 Å². The van der Waals surface area contributed by atoms with E-state index < -0.39 is 0 Å². The van der Waals surface area contributed by atoms with Crippen LogP contribution in [-0.2, 0) is 19.5 Å². The highest BCUT2D eigenvalue weighted by molar-refractivity contribution is 6.33. The van der Waals surface area contributed by atoms with Gasteiger partial charge in [-0.25, -0.2) is 0 Å². The molecule has 3 aromatic heterocycles. The highest BCUT2D eigenvalue weighted by Crippen LogP contribution is 2.52. The Morgan fingerprint density at radius 1 is 0.523 bits per heavy atom. The van der Waals surface area contributed by atoms with Crippen molar-refractivity contribution in [2.24, 2.45) is 9.98 Å². The van der Waals surface area contributed by atoms with Crippen LogP contribution in [0.1, 0.15) is 67.2 Å². The van der Waals surface area contributed by atoms with Gasteiger partial charge in [-0.15, -0.1) is 0 Å². The number of allylic oxidation sites excluding steroid dienone is 2. The highest BCUT2D eigenvalue weighted by Gasteiger charge is 2.34. The summed E-state index contributed by atoms with van der Waals surface area (Å²) >= 11 is 0. The molecule has 0 spiro atoms. The lowest BCUT2D eigenvalue weighted by atomic mass is 9.77. The Balaban J connectivity index is 1.15. The van der Waals surface area contributed by atoms with E-state index in [1.165, 1.54) is 115 Å². The summed E-state index contributed by atoms with van der Waals surface area (Å²) in [4.78, 5) is 24.6. The Morgan fingerprint density at radius 3 is 2.12 bits per heavy atom. The quantitative estimate of drug-likeness (QED) is 0.192. The monoisotopic (exact) mass is 827 g/mol. The predicted octanol–water partition coefficient (Wildman–Crippen LogP) is 13.8. The molecule has 8 aromatic carbocycles. The average Bonchev–Trinajstić information content (AvgIpc) is 3.74. The second kappa shape index (κ2) is 13.1. The van der Waals surface area contributed by atoms with Crippen LogP contribution in [0.15, 0.2) is 174 Å². The predicted molar refractivity (Wildman–Crippen MR) is 268 cm³/mol. The molecule has 302 valence electrons. The summed E-state index contributed by atoms with van der Waals surface area (Å²) in [5.41, 5.74) is 19.0. The van der Waals surface area contributed by atoms with Crippen molar-refractivity contribution in [1.82, 2.24) is 15.0 Å². The van der Waals surface area contributed by atoms with Crippen LogP contribution in [0.3, 0.4) is 0 Å². The van der Waals surface area contributed by atoms with Crippen molar-refractivity contribution in [3.05, 3.63) is 226 Å². The molecule has 0 bridgehead atoms. The molecule has 0 saturated carbocycles. The Hall–Kier alpha value is -8.28. The van der Waals surface area contributed by atoms with Gasteiger partial charge in [0.05, 0.1) is 30.0 Å². The third kappa shape index (κ3) is 4.82.